The van der Waals surface area contributed by atoms with Crippen LogP contribution in [0.2, 0.25) is 0 Å². The van der Waals surface area contributed by atoms with Gasteiger partial charge in [-0.1, -0.05) is 36.4 Å². The highest BCUT2D eigenvalue weighted by molar-refractivity contribution is 7.80. The Kier molecular flexibility index (Phi) is 8.31. The number of carbonyl (C=O) groups excluding carboxylic acids is 2. The first kappa shape index (κ1) is 27.1. The monoisotopic (exact) mass is 541 g/mol. The molecule has 0 bridgehead atoms. The van der Waals surface area contributed by atoms with E-state index in [9.17, 15) is 22.8 Å². The van der Waals surface area contributed by atoms with Crippen LogP contribution in [0.1, 0.15) is 24.5 Å². The van der Waals surface area contributed by atoms with Gasteiger partial charge in [-0.15, -0.1) is 0 Å². The molecule has 0 aromatic heterocycles. The van der Waals surface area contributed by atoms with Gasteiger partial charge in [0, 0.05) is 12.2 Å². The van der Waals surface area contributed by atoms with Crippen LogP contribution in [-0.2, 0) is 22.2 Å². The molecule has 38 heavy (non-hydrogen) atoms. The molecule has 2 amide bonds. The summed E-state index contributed by atoms with van der Waals surface area (Å²) >= 11 is 5.57. The molecule has 3 aromatic rings. The highest BCUT2D eigenvalue weighted by Gasteiger charge is 2.43. The predicted octanol–water partition coefficient (Wildman–Crippen LogP) is 5.68. The van der Waals surface area contributed by atoms with Crippen LogP contribution in [0.15, 0.2) is 78.9 Å². The number of anilines is 2. The molecule has 1 fully saturated rings. The maximum atomic E-state index is 13.5. The molecule has 10 heteroatoms. The average molecular weight is 542 g/mol. The number of carbonyl (C=O) groups is 2. The fraction of sp³-hybridized carbons (Fsp3) is 0.250. The van der Waals surface area contributed by atoms with E-state index in [-0.39, 0.29) is 23.8 Å². The van der Waals surface area contributed by atoms with Crippen LogP contribution in [0, 0.1) is 0 Å². The molecule has 4 rings (SSSR count). The molecular formula is C28H26F3N3O3S. The second kappa shape index (κ2) is 11.6. The van der Waals surface area contributed by atoms with E-state index in [0.717, 1.165) is 22.6 Å². The molecule has 1 heterocycles. The summed E-state index contributed by atoms with van der Waals surface area (Å²) in [4.78, 5) is 29.2. The largest absolute Gasteiger partial charge is 0.494 e. The lowest BCUT2D eigenvalue weighted by Crippen LogP contribution is -2.48. The topological polar surface area (TPSA) is 61.9 Å². The van der Waals surface area contributed by atoms with Gasteiger partial charge in [-0.3, -0.25) is 9.59 Å². The molecule has 0 spiro atoms. The van der Waals surface area contributed by atoms with Crippen molar-refractivity contribution in [3.05, 3.63) is 90.0 Å². The molecule has 1 aliphatic heterocycles. The van der Waals surface area contributed by atoms with Crippen molar-refractivity contribution >= 4 is 40.5 Å². The Bertz CT molecular complexity index is 1300. The van der Waals surface area contributed by atoms with Gasteiger partial charge in [-0.25, -0.2) is 4.90 Å². The number of thiocarbonyl (C=S) groups is 1. The lowest BCUT2D eigenvalue weighted by Gasteiger charge is -2.30. The number of ether oxygens (including phenoxy) is 1. The summed E-state index contributed by atoms with van der Waals surface area (Å²) in [5, 5.41) is 2.89. The van der Waals surface area contributed by atoms with Gasteiger partial charge in [0.1, 0.15) is 11.8 Å². The zero-order valence-electron chi connectivity index (χ0n) is 20.6. The third-order valence-electron chi connectivity index (χ3n) is 6.09. The van der Waals surface area contributed by atoms with E-state index >= 15 is 0 Å². The van der Waals surface area contributed by atoms with Gasteiger partial charge in [0.25, 0.3) is 5.91 Å². The quantitative estimate of drug-likeness (QED) is 0.293. The van der Waals surface area contributed by atoms with E-state index < -0.39 is 29.6 Å². The number of nitrogens with one attached hydrogen (secondary N) is 1. The first-order valence-electron chi connectivity index (χ1n) is 12.1. The Labute approximate surface area is 224 Å². The number of amides is 2. The zero-order chi connectivity index (χ0) is 27.3. The van der Waals surface area contributed by atoms with Gasteiger partial charge in [0.15, 0.2) is 5.11 Å². The smallest absolute Gasteiger partial charge is 0.416 e. The highest BCUT2D eigenvalue weighted by atomic mass is 32.1. The summed E-state index contributed by atoms with van der Waals surface area (Å²) in [5.41, 5.74) is 0.704. The van der Waals surface area contributed by atoms with Gasteiger partial charge < -0.3 is 15.0 Å². The van der Waals surface area contributed by atoms with E-state index in [2.05, 4.69) is 5.32 Å². The van der Waals surface area contributed by atoms with Crippen LogP contribution in [0.3, 0.4) is 0 Å². The van der Waals surface area contributed by atoms with Crippen molar-refractivity contribution < 1.29 is 27.5 Å². The van der Waals surface area contributed by atoms with E-state index in [1.54, 1.807) is 29.2 Å². The maximum absolute atomic E-state index is 13.5. The minimum atomic E-state index is -4.52. The fourth-order valence-corrected chi connectivity index (χ4v) is 4.59. The van der Waals surface area contributed by atoms with E-state index in [1.165, 1.54) is 12.1 Å². The van der Waals surface area contributed by atoms with E-state index in [4.69, 9.17) is 17.0 Å². The molecule has 1 unspecified atom stereocenters. The normalized spacial score (nSPS) is 15.5. The number of hydrogen-bond donors (Lipinski definition) is 1. The first-order chi connectivity index (χ1) is 18.2. The van der Waals surface area contributed by atoms with Crippen molar-refractivity contribution in [2.45, 2.75) is 32.0 Å². The minimum absolute atomic E-state index is 0.0555. The molecule has 198 valence electrons. The Morgan fingerprint density at radius 2 is 1.76 bits per heavy atom. The summed E-state index contributed by atoms with van der Waals surface area (Å²) in [7, 11) is 0. The van der Waals surface area contributed by atoms with Crippen LogP contribution in [0.4, 0.5) is 24.5 Å². The van der Waals surface area contributed by atoms with Gasteiger partial charge in [0.05, 0.1) is 24.3 Å². The number of rotatable bonds is 8. The Hall–Kier alpha value is -3.92. The number of halogens is 3. The van der Waals surface area contributed by atoms with Crippen LogP contribution in [-0.4, -0.2) is 41.0 Å². The van der Waals surface area contributed by atoms with Crippen LogP contribution < -0.4 is 15.0 Å². The number of alkyl halides is 3. The van der Waals surface area contributed by atoms with Crippen LogP contribution >= 0.6 is 12.2 Å². The summed E-state index contributed by atoms with van der Waals surface area (Å²) in [5.74, 6) is -0.237. The SMILES string of the molecule is CCOc1ccc(N2C(=O)CC(N(CCc3ccccc3)C(=S)Nc3cccc(C(F)(F)F)c3)C2=O)cc1. The average Bonchev–Trinajstić information content (AvgIpc) is 3.18. The lowest BCUT2D eigenvalue weighted by atomic mass is 10.1. The molecule has 0 saturated carbocycles. The Morgan fingerprint density at radius 1 is 1.05 bits per heavy atom. The number of hydrogen-bond acceptors (Lipinski definition) is 4. The Balaban J connectivity index is 1.58. The highest BCUT2D eigenvalue weighted by Crippen LogP contribution is 2.31. The number of benzene rings is 3. The summed E-state index contributed by atoms with van der Waals surface area (Å²) in [6, 6.07) is 19.9. The van der Waals surface area contributed by atoms with Crippen molar-refractivity contribution in [1.29, 1.82) is 0 Å². The molecular weight excluding hydrogens is 515 g/mol. The van der Waals surface area contributed by atoms with Gasteiger partial charge >= 0.3 is 6.18 Å². The van der Waals surface area contributed by atoms with Gasteiger partial charge in [-0.2, -0.15) is 13.2 Å². The molecule has 1 aliphatic rings. The van der Waals surface area contributed by atoms with Crippen molar-refractivity contribution in [1.82, 2.24) is 4.90 Å². The fourth-order valence-electron chi connectivity index (χ4n) is 4.25. The summed E-state index contributed by atoms with van der Waals surface area (Å²) in [6.07, 6.45) is -4.13. The van der Waals surface area contributed by atoms with Gasteiger partial charge in [0.2, 0.25) is 5.91 Å². The van der Waals surface area contributed by atoms with E-state index in [0.29, 0.717) is 24.5 Å². The number of imide groups is 1. The maximum Gasteiger partial charge on any atom is 0.416 e. The zero-order valence-corrected chi connectivity index (χ0v) is 21.4. The molecule has 1 saturated heterocycles. The molecule has 0 aliphatic carbocycles. The second-order valence-electron chi connectivity index (χ2n) is 8.65. The molecule has 1 N–H and O–H groups in total. The number of nitrogens with zero attached hydrogens (tertiary/aromatic N) is 2. The first-order valence-corrected chi connectivity index (χ1v) is 12.5. The standard InChI is InChI=1S/C28H26F3N3O3S/c1-2-37-23-13-11-22(12-14-23)34-25(35)18-24(26(34)36)33(16-15-19-7-4-3-5-8-19)27(38)32-21-10-6-9-20(17-21)28(29,30)31/h3-14,17,24H,2,15-16,18H2,1H3,(H,32,38). The lowest BCUT2D eigenvalue weighted by molar-refractivity contribution is -0.137. The summed E-state index contributed by atoms with van der Waals surface area (Å²) in [6.45, 7) is 2.61. The molecule has 3 aromatic carbocycles. The molecule has 0 radical (unpaired) electrons. The third-order valence-corrected chi connectivity index (χ3v) is 6.43. The van der Waals surface area contributed by atoms with Gasteiger partial charge in [-0.05, 0) is 73.6 Å². The van der Waals surface area contributed by atoms with Crippen LogP contribution in [0.25, 0.3) is 0 Å². The van der Waals surface area contributed by atoms with Crippen molar-refractivity contribution in [3.63, 3.8) is 0 Å². The van der Waals surface area contributed by atoms with Crippen molar-refractivity contribution in [2.75, 3.05) is 23.4 Å². The third kappa shape index (κ3) is 6.31. The predicted molar refractivity (Wildman–Crippen MR) is 143 cm³/mol. The molecule has 1 atom stereocenters. The summed E-state index contributed by atoms with van der Waals surface area (Å²) < 4.78 is 45.1. The minimum Gasteiger partial charge on any atom is -0.494 e. The Morgan fingerprint density at radius 3 is 2.42 bits per heavy atom. The molecule has 6 nitrogen and oxygen atoms in total. The van der Waals surface area contributed by atoms with E-state index in [1.807, 2.05) is 37.3 Å². The van der Waals surface area contributed by atoms with Crippen molar-refractivity contribution in [3.8, 4) is 5.75 Å². The second-order valence-corrected chi connectivity index (χ2v) is 9.04. The van der Waals surface area contributed by atoms with Crippen molar-refractivity contribution in [2.24, 2.45) is 0 Å². The van der Waals surface area contributed by atoms with Crippen LogP contribution in [0.5, 0.6) is 5.75 Å².